The van der Waals surface area contributed by atoms with E-state index in [0.717, 1.165) is 35.7 Å². The van der Waals surface area contributed by atoms with Crippen LogP contribution in [0.2, 0.25) is 0 Å². The average Bonchev–Trinajstić information content (AvgIpc) is 2.57. The first-order valence-corrected chi connectivity index (χ1v) is 8.80. The van der Waals surface area contributed by atoms with E-state index in [4.69, 9.17) is 9.47 Å². The summed E-state index contributed by atoms with van der Waals surface area (Å²) >= 11 is 3.31. The molecule has 7 heteroatoms. The van der Waals surface area contributed by atoms with Gasteiger partial charge in [-0.3, -0.25) is 10.1 Å². The third-order valence-corrected chi connectivity index (χ3v) is 4.54. The molecule has 1 aromatic carbocycles. The van der Waals surface area contributed by atoms with Crippen LogP contribution in [0, 0.1) is 10.1 Å². The van der Waals surface area contributed by atoms with Gasteiger partial charge in [0.05, 0.1) is 12.0 Å². The highest BCUT2D eigenvalue weighted by atomic mass is 79.9. The number of esters is 1. The summed E-state index contributed by atoms with van der Waals surface area (Å²) in [7, 11) is 1.29. The lowest BCUT2D eigenvalue weighted by Crippen LogP contribution is -2.29. The number of nitrogens with zero attached hydrogens (tertiary/aromatic N) is 1. The largest absolute Gasteiger partial charge is 0.472 e. The van der Waals surface area contributed by atoms with Gasteiger partial charge in [-0.15, -0.1) is 0 Å². The Morgan fingerprint density at radius 2 is 2.13 bits per heavy atom. The van der Waals surface area contributed by atoms with E-state index in [1.165, 1.54) is 7.11 Å². The molecule has 0 amide bonds. The monoisotopic (exact) mass is 385 g/mol. The van der Waals surface area contributed by atoms with Gasteiger partial charge in [0.15, 0.2) is 11.9 Å². The van der Waals surface area contributed by atoms with Crippen molar-refractivity contribution < 1.29 is 19.2 Å². The van der Waals surface area contributed by atoms with Crippen LogP contribution in [-0.4, -0.2) is 29.4 Å². The minimum Gasteiger partial charge on any atom is -0.472 e. The van der Waals surface area contributed by atoms with Gasteiger partial charge in [-0.25, -0.2) is 4.79 Å². The molecule has 1 aliphatic rings. The van der Waals surface area contributed by atoms with E-state index in [1.54, 1.807) is 6.07 Å². The summed E-state index contributed by atoms with van der Waals surface area (Å²) in [5, 5.41) is 12.2. The lowest BCUT2D eigenvalue weighted by atomic mass is 9.90. The molecule has 0 fully saturated rings. The van der Waals surface area contributed by atoms with Gasteiger partial charge in [0.25, 0.3) is 0 Å². The van der Waals surface area contributed by atoms with Gasteiger partial charge in [-0.2, -0.15) is 0 Å². The molecule has 1 aliphatic carbocycles. The van der Waals surface area contributed by atoms with E-state index in [0.29, 0.717) is 19.3 Å². The maximum atomic E-state index is 11.9. The Bertz CT molecular complexity index is 590. The first kappa shape index (κ1) is 17.7. The van der Waals surface area contributed by atoms with Gasteiger partial charge >= 0.3 is 11.7 Å². The maximum Gasteiger partial charge on any atom is 0.347 e. The Morgan fingerprint density at radius 1 is 1.39 bits per heavy atom. The van der Waals surface area contributed by atoms with Gasteiger partial charge in [-0.05, 0) is 50.2 Å². The minimum absolute atomic E-state index is 0.00468. The molecule has 0 bridgehead atoms. The van der Waals surface area contributed by atoms with Crippen LogP contribution < -0.4 is 4.74 Å². The summed E-state index contributed by atoms with van der Waals surface area (Å²) in [6, 6.07) is 3.47. The van der Waals surface area contributed by atoms with Crippen LogP contribution in [0.3, 0.4) is 0 Å². The van der Waals surface area contributed by atoms with Crippen LogP contribution in [0.5, 0.6) is 5.75 Å². The molecule has 6 nitrogen and oxygen atoms in total. The van der Waals surface area contributed by atoms with Crippen LogP contribution in [0.25, 0.3) is 0 Å². The summed E-state index contributed by atoms with van der Waals surface area (Å²) in [6.07, 6.45) is 3.80. The molecule has 1 unspecified atom stereocenters. The topological polar surface area (TPSA) is 78.7 Å². The second-order valence-corrected chi connectivity index (χ2v) is 6.27. The van der Waals surface area contributed by atoms with Gasteiger partial charge in [-0.1, -0.05) is 22.0 Å². The Morgan fingerprint density at radius 3 is 2.78 bits per heavy atom. The van der Waals surface area contributed by atoms with Crippen molar-refractivity contribution in [3.05, 3.63) is 33.4 Å². The van der Waals surface area contributed by atoms with E-state index < -0.39 is 17.0 Å². The van der Waals surface area contributed by atoms with Gasteiger partial charge < -0.3 is 9.47 Å². The SMILES string of the molecule is COC(=O)C(CCCBr)Oc1ccc2c(c1[N+](=O)[O-])CCCC2. The Balaban J connectivity index is 2.33. The fourth-order valence-corrected chi connectivity index (χ4v) is 3.18. The zero-order valence-corrected chi connectivity index (χ0v) is 14.6. The van der Waals surface area contributed by atoms with Crippen LogP contribution >= 0.6 is 15.9 Å². The second-order valence-electron chi connectivity index (χ2n) is 5.48. The number of hydrogen-bond donors (Lipinski definition) is 0. The predicted molar refractivity (Wildman–Crippen MR) is 89.2 cm³/mol. The Kier molecular flexibility index (Phi) is 6.38. The number of alkyl halides is 1. The normalized spacial score (nSPS) is 14.7. The first-order chi connectivity index (χ1) is 11.1. The molecule has 126 valence electrons. The van der Waals surface area contributed by atoms with Crippen molar-refractivity contribution in [2.45, 2.75) is 44.6 Å². The summed E-state index contributed by atoms with van der Waals surface area (Å²) in [5.41, 5.74) is 1.74. The summed E-state index contributed by atoms with van der Waals surface area (Å²) in [4.78, 5) is 23.0. The number of carbonyl (C=O) groups is 1. The molecule has 0 saturated heterocycles. The van der Waals surface area contributed by atoms with Crippen LogP contribution in [0.4, 0.5) is 5.69 Å². The lowest BCUT2D eigenvalue weighted by molar-refractivity contribution is -0.386. The van der Waals surface area contributed by atoms with E-state index in [9.17, 15) is 14.9 Å². The van der Waals surface area contributed by atoms with E-state index in [2.05, 4.69) is 15.9 Å². The van der Waals surface area contributed by atoms with Crippen LogP contribution in [-0.2, 0) is 22.4 Å². The number of nitro groups is 1. The summed E-state index contributed by atoms with van der Waals surface area (Å²) in [5.74, 6) is -0.362. The van der Waals surface area contributed by atoms with Crippen LogP contribution in [0.1, 0.15) is 36.8 Å². The molecule has 1 aromatic rings. The van der Waals surface area contributed by atoms with Gasteiger partial charge in [0.2, 0.25) is 0 Å². The smallest absolute Gasteiger partial charge is 0.347 e. The first-order valence-electron chi connectivity index (χ1n) is 7.68. The minimum atomic E-state index is -0.835. The molecule has 0 aliphatic heterocycles. The molecule has 0 N–H and O–H groups in total. The van der Waals surface area contributed by atoms with Crippen molar-refractivity contribution >= 4 is 27.6 Å². The summed E-state index contributed by atoms with van der Waals surface area (Å²) < 4.78 is 10.4. The number of carbonyl (C=O) groups excluding carboxylic acids is 1. The molecule has 0 aromatic heterocycles. The highest BCUT2D eigenvalue weighted by molar-refractivity contribution is 9.09. The average molecular weight is 386 g/mol. The van der Waals surface area contributed by atoms with Crippen molar-refractivity contribution in [3.63, 3.8) is 0 Å². The van der Waals surface area contributed by atoms with Gasteiger partial charge in [0, 0.05) is 10.9 Å². The molecule has 23 heavy (non-hydrogen) atoms. The third kappa shape index (κ3) is 4.22. The quantitative estimate of drug-likeness (QED) is 0.310. The number of rotatable bonds is 7. The molecule has 1 atom stereocenters. The second kappa shape index (κ2) is 8.29. The van der Waals surface area contributed by atoms with E-state index in [1.807, 2.05) is 6.07 Å². The summed E-state index contributed by atoms with van der Waals surface area (Å²) in [6.45, 7) is 0. The highest BCUT2D eigenvalue weighted by Crippen LogP contribution is 2.38. The molecule has 2 rings (SSSR count). The van der Waals surface area contributed by atoms with Crippen molar-refractivity contribution in [1.82, 2.24) is 0 Å². The third-order valence-electron chi connectivity index (χ3n) is 3.98. The number of aryl methyl sites for hydroxylation is 1. The molecule has 0 saturated carbocycles. The number of nitro benzene ring substituents is 1. The van der Waals surface area contributed by atoms with Crippen molar-refractivity contribution in [2.75, 3.05) is 12.4 Å². The molecule has 0 radical (unpaired) electrons. The number of hydrogen-bond acceptors (Lipinski definition) is 5. The van der Waals surface area contributed by atoms with Crippen LogP contribution in [0.15, 0.2) is 12.1 Å². The standard InChI is InChI=1S/C16H20BrNO5/c1-22-16(19)14(7-4-10-17)23-13-9-8-11-5-2-3-6-12(11)15(13)18(20)21/h8-9,14H,2-7,10H2,1H3. The number of ether oxygens (including phenoxy) is 2. The molecular weight excluding hydrogens is 366 g/mol. The fraction of sp³-hybridized carbons (Fsp3) is 0.562. The zero-order chi connectivity index (χ0) is 16.8. The van der Waals surface area contributed by atoms with E-state index >= 15 is 0 Å². The molecular formula is C16H20BrNO5. The van der Waals surface area contributed by atoms with Crippen molar-refractivity contribution in [3.8, 4) is 5.75 Å². The number of halogens is 1. The van der Waals surface area contributed by atoms with E-state index in [-0.39, 0.29) is 11.4 Å². The maximum absolute atomic E-state index is 11.9. The fourth-order valence-electron chi connectivity index (χ4n) is 2.85. The number of methoxy groups -OCH3 is 1. The Hall–Kier alpha value is -1.63. The highest BCUT2D eigenvalue weighted by Gasteiger charge is 2.29. The lowest BCUT2D eigenvalue weighted by Gasteiger charge is -2.20. The molecule has 0 heterocycles. The van der Waals surface area contributed by atoms with Crippen molar-refractivity contribution in [2.24, 2.45) is 0 Å². The molecule has 0 spiro atoms. The van der Waals surface area contributed by atoms with Gasteiger partial charge in [0.1, 0.15) is 0 Å². The Labute approximate surface area is 143 Å². The number of benzene rings is 1. The zero-order valence-electron chi connectivity index (χ0n) is 13.0. The number of fused-ring (bicyclic) bond motifs is 1. The predicted octanol–water partition coefficient (Wildman–Crippen LogP) is 3.57. The van der Waals surface area contributed by atoms with Crippen molar-refractivity contribution in [1.29, 1.82) is 0 Å².